The quantitative estimate of drug-likeness (QED) is 0.778. The number of alkyl halides is 3. The number of hydrogen-bond donors (Lipinski definition) is 0. The zero-order valence-corrected chi connectivity index (χ0v) is 13.4. The Balaban J connectivity index is 2.29. The molecule has 122 valence electrons. The van der Waals surface area contributed by atoms with Gasteiger partial charge in [0.25, 0.3) is 9.84 Å². The Morgan fingerprint density at radius 3 is 1.73 bits per heavy atom. The number of benzene rings is 1. The summed E-state index contributed by atoms with van der Waals surface area (Å²) >= 11 is 0. The minimum atomic E-state index is -5.34. The molecule has 0 spiro atoms. The van der Waals surface area contributed by atoms with Crippen molar-refractivity contribution in [2.75, 3.05) is 0 Å². The van der Waals surface area contributed by atoms with Gasteiger partial charge in [-0.25, -0.2) is 8.42 Å². The summed E-state index contributed by atoms with van der Waals surface area (Å²) in [6.45, 7) is 7.37. The highest BCUT2D eigenvalue weighted by Gasteiger charge is 2.52. The van der Waals surface area contributed by atoms with Gasteiger partial charge in [-0.3, -0.25) is 0 Å². The highest BCUT2D eigenvalue weighted by atomic mass is 32.2. The molecule has 2 rings (SSSR count). The van der Waals surface area contributed by atoms with Crippen molar-refractivity contribution < 1.29 is 30.9 Å². The Kier molecular flexibility index (Phi) is 3.91. The first kappa shape index (κ1) is 17.3. The molecule has 0 aromatic heterocycles. The van der Waals surface area contributed by atoms with Crippen molar-refractivity contribution in [3.8, 4) is 0 Å². The number of halogens is 3. The molecule has 0 radical (unpaired) electrons. The molecule has 0 amide bonds. The van der Waals surface area contributed by atoms with Crippen LogP contribution in [-0.4, -0.2) is 32.2 Å². The fraction of sp³-hybridized carbons (Fsp3) is 0.538. The maximum Gasteiger partial charge on any atom is 0.501 e. The predicted molar refractivity (Wildman–Crippen MR) is 75.4 cm³/mol. The van der Waals surface area contributed by atoms with Crippen LogP contribution in [0.25, 0.3) is 0 Å². The van der Waals surface area contributed by atoms with Crippen molar-refractivity contribution in [3.63, 3.8) is 0 Å². The summed E-state index contributed by atoms with van der Waals surface area (Å²) in [5.41, 5.74) is -6.04. The van der Waals surface area contributed by atoms with E-state index >= 15 is 0 Å². The van der Waals surface area contributed by atoms with Crippen LogP contribution in [0.5, 0.6) is 0 Å². The van der Waals surface area contributed by atoms with E-state index < -0.39 is 38.6 Å². The fourth-order valence-electron chi connectivity index (χ4n) is 1.92. The second-order valence-corrected chi connectivity index (χ2v) is 8.05. The van der Waals surface area contributed by atoms with E-state index in [9.17, 15) is 21.6 Å². The number of rotatable bonds is 2. The Morgan fingerprint density at radius 1 is 0.955 bits per heavy atom. The van der Waals surface area contributed by atoms with Crippen LogP contribution in [0.15, 0.2) is 29.2 Å². The highest BCUT2D eigenvalue weighted by molar-refractivity contribution is 7.92. The lowest BCUT2D eigenvalue weighted by Gasteiger charge is -2.32. The molecule has 1 aliphatic rings. The summed E-state index contributed by atoms with van der Waals surface area (Å²) in [6, 6.07) is 4.34. The molecule has 22 heavy (non-hydrogen) atoms. The molecule has 0 aliphatic carbocycles. The molecule has 0 saturated carbocycles. The van der Waals surface area contributed by atoms with E-state index in [1.165, 1.54) is 12.1 Å². The van der Waals surface area contributed by atoms with Crippen molar-refractivity contribution in [2.24, 2.45) is 0 Å². The Morgan fingerprint density at radius 2 is 1.36 bits per heavy atom. The normalized spacial score (nSPS) is 21.1. The van der Waals surface area contributed by atoms with E-state index in [4.69, 9.17) is 9.31 Å². The van der Waals surface area contributed by atoms with E-state index in [1.807, 2.05) is 27.7 Å². The highest BCUT2D eigenvalue weighted by Crippen LogP contribution is 2.36. The monoisotopic (exact) mass is 336 g/mol. The minimum Gasteiger partial charge on any atom is -0.399 e. The molecule has 1 saturated heterocycles. The molecule has 0 bridgehead atoms. The van der Waals surface area contributed by atoms with Gasteiger partial charge in [-0.05, 0) is 45.3 Å². The molecule has 1 aromatic carbocycles. The largest absolute Gasteiger partial charge is 0.501 e. The topological polar surface area (TPSA) is 52.6 Å². The molecular formula is C13H16BF3O4S. The molecule has 0 atom stereocenters. The summed E-state index contributed by atoms with van der Waals surface area (Å²) < 4.78 is 71.6. The third-order valence-corrected chi connectivity index (χ3v) is 5.52. The van der Waals surface area contributed by atoms with Crippen LogP contribution in [0.4, 0.5) is 13.2 Å². The molecule has 4 nitrogen and oxygen atoms in total. The molecule has 1 heterocycles. The molecule has 1 aromatic rings. The van der Waals surface area contributed by atoms with Gasteiger partial charge in [0.2, 0.25) is 0 Å². The summed E-state index contributed by atoms with van der Waals surface area (Å²) in [5, 5.41) is 0. The summed E-state index contributed by atoms with van der Waals surface area (Å²) in [4.78, 5) is -0.805. The van der Waals surface area contributed by atoms with Gasteiger partial charge < -0.3 is 9.31 Å². The smallest absolute Gasteiger partial charge is 0.399 e. The molecule has 9 heteroatoms. The number of sulfone groups is 1. The Labute approximate surface area is 127 Å². The standard InChI is InChI=1S/C13H16BF3O4S/c1-11(2)12(3,4)21-14(20-11)9-5-7-10(8-6-9)22(18,19)13(15,16)17/h5-8H,1-4H3. The van der Waals surface area contributed by atoms with Crippen molar-refractivity contribution in [2.45, 2.75) is 49.3 Å². The zero-order chi connectivity index (χ0) is 17.0. The van der Waals surface area contributed by atoms with Crippen LogP contribution in [-0.2, 0) is 19.1 Å². The molecule has 1 fully saturated rings. The van der Waals surface area contributed by atoms with Gasteiger partial charge >= 0.3 is 12.6 Å². The summed E-state index contributed by atoms with van der Waals surface area (Å²) in [6.07, 6.45) is 0. The third kappa shape index (κ3) is 2.77. The van der Waals surface area contributed by atoms with E-state index in [2.05, 4.69) is 0 Å². The van der Waals surface area contributed by atoms with Gasteiger partial charge in [-0.1, -0.05) is 12.1 Å². The van der Waals surface area contributed by atoms with Crippen molar-refractivity contribution >= 4 is 22.4 Å². The van der Waals surface area contributed by atoms with Crippen LogP contribution >= 0.6 is 0 Å². The van der Waals surface area contributed by atoms with Crippen LogP contribution in [0.1, 0.15) is 27.7 Å². The first-order chi connectivity index (χ1) is 9.78. The Hall–Kier alpha value is -1.06. The maximum atomic E-state index is 12.5. The van der Waals surface area contributed by atoms with Gasteiger partial charge in [0.15, 0.2) is 0 Å². The van der Waals surface area contributed by atoms with Crippen molar-refractivity contribution in [1.82, 2.24) is 0 Å². The molecule has 1 aliphatic heterocycles. The average molecular weight is 336 g/mol. The van der Waals surface area contributed by atoms with Gasteiger partial charge in [-0.15, -0.1) is 0 Å². The molecule has 0 unspecified atom stereocenters. The van der Waals surface area contributed by atoms with E-state index in [-0.39, 0.29) is 0 Å². The SMILES string of the molecule is CC1(C)OB(c2ccc(S(=O)(=O)C(F)(F)F)cc2)OC1(C)C. The fourth-order valence-corrected chi connectivity index (χ4v) is 2.68. The lowest BCUT2D eigenvalue weighted by Crippen LogP contribution is -2.41. The van der Waals surface area contributed by atoms with Gasteiger partial charge in [0.1, 0.15) is 0 Å². The van der Waals surface area contributed by atoms with Crippen molar-refractivity contribution in [1.29, 1.82) is 0 Å². The first-order valence-electron chi connectivity index (χ1n) is 6.55. The van der Waals surface area contributed by atoms with E-state index in [1.54, 1.807) is 0 Å². The average Bonchev–Trinajstić information content (AvgIpc) is 2.57. The van der Waals surface area contributed by atoms with Crippen LogP contribution in [0, 0.1) is 0 Å². The number of hydrogen-bond acceptors (Lipinski definition) is 4. The van der Waals surface area contributed by atoms with Crippen LogP contribution in [0.2, 0.25) is 0 Å². The zero-order valence-electron chi connectivity index (χ0n) is 12.6. The summed E-state index contributed by atoms with van der Waals surface area (Å²) in [7, 11) is -6.10. The third-order valence-electron chi connectivity index (χ3n) is 4.02. The second-order valence-electron chi connectivity index (χ2n) is 6.11. The molecular weight excluding hydrogens is 320 g/mol. The van der Waals surface area contributed by atoms with Crippen molar-refractivity contribution in [3.05, 3.63) is 24.3 Å². The minimum absolute atomic E-state index is 0.458. The van der Waals surface area contributed by atoms with E-state index in [0.717, 1.165) is 12.1 Å². The van der Waals surface area contributed by atoms with E-state index in [0.29, 0.717) is 5.46 Å². The molecule has 0 N–H and O–H groups in total. The second kappa shape index (κ2) is 4.97. The van der Waals surface area contributed by atoms with Gasteiger partial charge in [-0.2, -0.15) is 13.2 Å². The predicted octanol–water partition coefficient (Wildman–Crippen LogP) is 2.28. The van der Waals surface area contributed by atoms with Gasteiger partial charge in [0, 0.05) is 0 Å². The van der Waals surface area contributed by atoms with Crippen LogP contribution < -0.4 is 5.46 Å². The Bertz CT molecular complexity index is 650. The lowest BCUT2D eigenvalue weighted by atomic mass is 9.79. The first-order valence-corrected chi connectivity index (χ1v) is 8.03. The lowest BCUT2D eigenvalue weighted by molar-refractivity contribution is -0.0436. The summed E-state index contributed by atoms with van der Waals surface area (Å²) in [5.74, 6) is 0. The maximum absolute atomic E-state index is 12.5. The van der Waals surface area contributed by atoms with Gasteiger partial charge in [0.05, 0.1) is 16.1 Å². The van der Waals surface area contributed by atoms with Crippen LogP contribution in [0.3, 0.4) is 0 Å².